The molecule has 2 aromatic carbocycles. The fourth-order valence-electron chi connectivity index (χ4n) is 2.21. The summed E-state index contributed by atoms with van der Waals surface area (Å²) in [6, 6.07) is 18.2. The summed E-state index contributed by atoms with van der Waals surface area (Å²) < 4.78 is 5.65. The van der Waals surface area contributed by atoms with Gasteiger partial charge in [-0.05, 0) is 29.8 Å². The Balaban J connectivity index is 1.73. The Morgan fingerprint density at radius 2 is 1.83 bits per heavy atom. The topological polar surface area (TPSA) is 48.9 Å². The van der Waals surface area contributed by atoms with Crippen molar-refractivity contribution in [1.29, 1.82) is 0 Å². The van der Waals surface area contributed by atoms with Crippen LogP contribution in [-0.4, -0.2) is 40.3 Å². The highest BCUT2D eigenvalue weighted by molar-refractivity contribution is 5.79. The molecule has 2 N–H and O–H groups in total. The van der Waals surface area contributed by atoms with E-state index in [0.717, 1.165) is 18.3 Å². The van der Waals surface area contributed by atoms with E-state index in [2.05, 4.69) is 44.8 Å². The highest BCUT2D eigenvalue weighted by Gasteiger charge is 2.01. The normalized spacial score (nSPS) is 11.0. The van der Waals surface area contributed by atoms with E-state index in [0.29, 0.717) is 13.2 Å². The molecule has 24 heavy (non-hydrogen) atoms. The van der Waals surface area contributed by atoms with Crippen LogP contribution in [0, 0.1) is 0 Å². The number of benzene rings is 2. The summed E-state index contributed by atoms with van der Waals surface area (Å²) in [5, 5.41) is 6.57. The maximum atomic E-state index is 5.65. The lowest BCUT2D eigenvalue weighted by atomic mass is 10.2. The van der Waals surface area contributed by atoms with Gasteiger partial charge in [0, 0.05) is 33.4 Å². The second-order valence-electron chi connectivity index (χ2n) is 5.58. The molecule has 0 fully saturated rings. The molecule has 5 nitrogen and oxygen atoms in total. The molecule has 0 spiro atoms. The van der Waals surface area contributed by atoms with Crippen molar-refractivity contribution in [3.63, 3.8) is 0 Å². The molecular formula is C19H26N4O. The number of nitrogens with one attached hydrogen (secondary N) is 2. The van der Waals surface area contributed by atoms with Gasteiger partial charge in [0.25, 0.3) is 0 Å². The molecule has 0 saturated carbocycles. The molecule has 0 saturated heterocycles. The van der Waals surface area contributed by atoms with Gasteiger partial charge in [-0.2, -0.15) is 0 Å². The highest BCUT2D eigenvalue weighted by Crippen LogP contribution is 2.13. The first-order chi connectivity index (χ1) is 11.7. The fourth-order valence-corrected chi connectivity index (χ4v) is 2.21. The van der Waals surface area contributed by atoms with Crippen LogP contribution in [-0.2, 0) is 6.54 Å². The number of hydrogen-bond donors (Lipinski definition) is 2. The average molecular weight is 326 g/mol. The zero-order chi connectivity index (χ0) is 17.2. The first-order valence-corrected chi connectivity index (χ1v) is 8.07. The quantitative estimate of drug-likeness (QED) is 0.466. The molecule has 0 aromatic heterocycles. The van der Waals surface area contributed by atoms with E-state index >= 15 is 0 Å². The zero-order valence-corrected chi connectivity index (χ0v) is 14.6. The average Bonchev–Trinajstić information content (AvgIpc) is 2.62. The molecule has 0 aliphatic rings. The molecule has 0 unspecified atom stereocenters. The minimum Gasteiger partial charge on any atom is -0.492 e. The van der Waals surface area contributed by atoms with E-state index in [1.165, 1.54) is 11.3 Å². The smallest absolute Gasteiger partial charge is 0.191 e. The molecule has 0 atom stereocenters. The van der Waals surface area contributed by atoms with Gasteiger partial charge in [0.15, 0.2) is 5.96 Å². The molecule has 0 heterocycles. The maximum absolute atomic E-state index is 5.65. The van der Waals surface area contributed by atoms with Crippen LogP contribution in [0.4, 0.5) is 5.69 Å². The first-order valence-electron chi connectivity index (χ1n) is 8.07. The SMILES string of the molecule is CN=C(NCCOc1ccccc1)NCc1cccc(N(C)C)c1. The van der Waals surface area contributed by atoms with Crippen LogP contribution in [0.3, 0.4) is 0 Å². The minimum absolute atomic E-state index is 0.584. The summed E-state index contributed by atoms with van der Waals surface area (Å²) in [6.07, 6.45) is 0. The molecular weight excluding hydrogens is 300 g/mol. The summed E-state index contributed by atoms with van der Waals surface area (Å²) in [6.45, 7) is 1.99. The van der Waals surface area contributed by atoms with E-state index in [9.17, 15) is 0 Å². The van der Waals surface area contributed by atoms with Crippen LogP contribution < -0.4 is 20.3 Å². The number of guanidine groups is 1. The van der Waals surface area contributed by atoms with Gasteiger partial charge in [-0.25, -0.2) is 0 Å². The van der Waals surface area contributed by atoms with Crippen molar-refractivity contribution in [1.82, 2.24) is 10.6 Å². The second-order valence-corrected chi connectivity index (χ2v) is 5.58. The number of anilines is 1. The lowest BCUT2D eigenvalue weighted by molar-refractivity contribution is 0.322. The molecule has 0 bridgehead atoms. The summed E-state index contributed by atoms with van der Waals surface area (Å²) >= 11 is 0. The third-order valence-electron chi connectivity index (χ3n) is 3.52. The van der Waals surface area contributed by atoms with Gasteiger partial charge in [0.2, 0.25) is 0 Å². The monoisotopic (exact) mass is 326 g/mol. The van der Waals surface area contributed by atoms with E-state index in [1.54, 1.807) is 7.05 Å². The standard InChI is InChI=1S/C19H26N4O/c1-20-19(21-12-13-24-18-10-5-4-6-11-18)22-15-16-8-7-9-17(14-16)23(2)3/h4-11,14H,12-13,15H2,1-3H3,(H2,20,21,22). The van der Waals surface area contributed by atoms with E-state index < -0.39 is 0 Å². The molecule has 128 valence electrons. The van der Waals surface area contributed by atoms with Crippen LogP contribution >= 0.6 is 0 Å². The van der Waals surface area contributed by atoms with E-state index in [4.69, 9.17) is 4.74 Å². The Bertz CT molecular complexity index is 641. The van der Waals surface area contributed by atoms with Crippen LogP contribution in [0.15, 0.2) is 59.6 Å². The largest absolute Gasteiger partial charge is 0.492 e. The first kappa shape index (κ1) is 17.7. The van der Waals surface area contributed by atoms with Crippen molar-refractivity contribution in [2.75, 3.05) is 39.2 Å². The molecule has 0 amide bonds. The minimum atomic E-state index is 0.584. The van der Waals surface area contributed by atoms with E-state index in [1.807, 2.05) is 44.4 Å². The Morgan fingerprint density at radius 1 is 1.04 bits per heavy atom. The third kappa shape index (κ3) is 5.83. The highest BCUT2D eigenvalue weighted by atomic mass is 16.5. The molecule has 5 heteroatoms. The number of ether oxygens (including phenoxy) is 1. The Morgan fingerprint density at radius 3 is 2.54 bits per heavy atom. The maximum Gasteiger partial charge on any atom is 0.191 e. The van der Waals surface area contributed by atoms with Crippen molar-refractivity contribution < 1.29 is 4.74 Å². The predicted molar refractivity (Wildman–Crippen MR) is 101 cm³/mol. The van der Waals surface area contributed by atoms with Gasteiger partial charge in [-0.1, -0.05) is 30.3 Å². The second kappa shape index (κ2) is 9.45. The van der Waals surface area contributed by atoms with Gasteiger partial charge in [-0.3, -0.25) is 4.99 Å². The van der Waals surface area contributed by atoms with Crippen LogP contribution in [0.1, 0.15) is 5.56 Å². The molecule has 0 radical (unpaired) electrons. The van der Waals surface area contributed by atoms with Gasteiger partial charge in [0.1, 0.15) is 12.4 Å². The van der Waals surface area contributed by atoms with Crippen molar-refractivity contribution in [3.05, 3.63) is 60.2 Å². The van der Waals surface area contributed by atoms with Gasteiger partial charge in [0.05, 0.1) is 6.54 Å². The summed E-state index contributed by atoms with van der Waals surface area (Å²) in [7, 11) is 5.85. The third-order valence-corrected chi connectivity index (χ3v) is 3.52. The van der Waals surface area contributed by atoms with Crippen molar-refractivity contribution in [2.45, 2.75) is 6.54 Å². The summed E-state index contributed by atoms with van der Waals surface area (Å²) in [5.41, 5.74) is 2.40. The molecule has 0 aliphatic heterocycles. The fraction of sp³-hybridized carbons (Fsp3) is 0.316. The predicted octanol–water partition coefficient (Wildman–Crippen LogP) is 2.50. The van der Waals surface area contributed by atoms with Gasteiger partial charge < -0.3 is 20.3 Å². The molecule has 2 aromatic rings. The van der Waals surface area contributed by atoms with Crippen LogP contribution in [0.25, 0.3) is 0 Å². The van der Waals surface area contributed by atoms with Crippen molar-refractivity contribution in [3.8, 4) is 5.75 Å². The number of rotatable bonds is 7. The Labute approximate surface area is 144 Å². The number of aliphatic imine (C=N–C) groups is 1. The summed E-state index contributed by atoms with van der Waals surface area (Å²) in [4.78, 5) is 6.33. The van der Waals surface area contributed by atoms with Crippen molar-refractivity contribution in [2.24, 2.45) is 4.99 Å². The lowest BCUT2D eigenvalue weighted by Crippen LogP contribution is -2.38. The van der Waals surface area contributed by atoms with E-state index in [-0.39, 0.29) is 0 Å². The number of para-hydroxylation sites is 1. The molecule has 2 rings (SSSR count). The zero-order valence-electron chi connectivity index (χ0n) is 14.6. The Hall–Kier alpha value is -2.69. The Kier molecular flexibility index (Phi) is 6.95. The van der Waals surface area contributed by atoms with Crippen molar-refractivity contribution >= 4 is 11.6 Å². The lowest BCUT2D eigenvalue weighted by Gasteiger charge is -2.15. The van der Waals surface area contributed by atoms with Crippen LogP contribution in [0.5, 0.6) is 5.75 Å². The van der Waals surface area contributed by atoms with Gasteiger partial charge >= 0.3 is 0 Å². The molecule has 0 aliphatic carbocycles. The van der Waals surface area contributed by atoms with Crippen LogP contribution in [0.2, 0.25) is 0 Å². The number of hydrogen-bond acceptors (Lipinski definition) is 3. The number of nitrogens with zero attached hydrogens (tertiary/aromatic N) is 2. The van der Waals surface area contributed by atoms with Gasteiger partial charge in [-0.15, -0.1) is 0 Å². The summed E-state index contributed by atoms with van der Waals surface area (Å²) in [5.74, 6) is 1.64.